The van der Waals surface area contributed by atoms with Crippen molar-refractivity contribution >= 4 is 6.08 Å². The highest BCUT2D eigenvalue weighted by atomic mass is 14.0. The van der Waals surface area contributed by atoms with Gasteiger partial charge in [0.1, 0.15) is 0 Å². The van der Waals surface area contributed by atoms with Crippen LogP contribution in [0.5, 0.6) is 0 Å². The van der Waals surface area contributed by atoms with E-state index in [1.54, 1.807) is 0 Å². The van der Waals surface area contributed by atoms with Crippen LogP contribution in [0.25, 0.3) is 6.08 Å². The Bertz CT molecular complexity index is 302. The van der Waals surface area contributed by atoms with Crippen LogP contribution in [0.4, 0.5) is 0 Å². The number of benzene rings is 1. The zero-order chi connectivity index (χ0) is 8.81. The predicted octanol–water partition coefficient (Wildman–Crippen LogP) is 3.44. The van der Waals surface area contributed by atoms with E-state index in [4.69, 9.17) is 0 Å². The third-order valence-corrected chi connectivity index (χ3v) is 1.73. The van der Waals surface area contributed by atoms with E-state index in [-0.39, 0.29) is 0 Å². The van der Waals surface area contributed by atoms with E-state index in [0.717, 1.165) is 6.42 Å². The van der Waals surface area contributed by atoms with Crippen molar-refractivity contribution in [3.8, 4) is 0 Å². The fourth-order valence-corrected chi connectivity index (χ4v) is 1.18. The van der Waals surface area contributed by atoms with E-state index in [1.807, 2.05) is 19.9 Å². The minimum absolute atomic E-state index is 1.03. The molecular formula is C12H14. The summed E-state index contributed by atoms with van der Waals surface area (Å²) < 4.78 is 0. The number of rotatable bonds is 0. The Balaban J connectivity index is 0.000000336. The molecule has 0 saturated carbocycles. The largest absolute Gasteiger partial charge is 0.124 e. The van der Waals surface area contributed by atoms with Gasteiger partial charge >= 0.3 is 0 Å². The summed E-state index contributed by atoms with van der Waals surface area (Å²) in [6, 6.07) is 8.41. The lowest BCUT2D eigenvalue weighted by Gasteiger charge is -2.03. The average molecular weight is 158 g/mol. The summed E-state index contributed by atoms with van der Waals surface area (Å²) in [6.07, 6.45) is 5.12. The van der Waals surface area contributed by atoms with E-state index in [1.165, 1.54) is 11.1 Å². The monoisotopic (exact) mass is 158 g/mol. The van der Waals surface area contributed by atoms with E-state index >= 15 is 0 Å². The molecule has 1 aromatic carbocycles. The summed E-state index contributed by atoms with van der Waals surface area (Å²) in [6.45, 7) is 4.00. The molecule has 0 fully saturated rings. The van der Waals surface area contributed by atoms with Gasteiger partial charge in [0.2, 0.25) is 0 Å². The Morgan fingerprint density at radius 3 is 2.67 bits per heavy atom. The third kappa shape index (κ3) is 1.87. The normalized spacial score (nSPS) is 11.5. The molecule has 0 spiro atoms. The number of fused-ring (bicyclic) bond motifs is 1. The van der Waals surface area contributed by atoms with Crippen LogP contribution in [0.1, 0.15) is 25.0 Å². The van der Waals surface area contributed by atoms with Crippen molar-refractivity contribution in [1.29, 1.82) is 0 Å². The van der Waals surface area contributed by atoms with Gasteiger partial charge in [-0.2, -0.15) is 0 Å². The van der Waals surface area contributed by atoms with Crippen molar-refractivity contribution in [2.75, 3.05) is 0 Å². The van der Waals surface area contributed by atoms with Gasteiger partial charge in [-0.1, -0.05) is 38.1 Å². The second kappa shape index (κ2) is 4.58. The molecule has 1 aromatic rings. The van der Waals surface area contributed by atoms with Gasteiger partial charge in [-0.25, -0.2) is 0 Å². The van der Waals surface area contributed by atoms with Gasteiger partial charge < -0.3 is 0 Å². The highest BCUT2D eigenvalue weighted by Gasteiger charge is 1.97. The first kappa shape index (κ1) is 8.83. The van der Waals surface area contributed by atoms with Gasteiger partial charge in [-0.3, -0.25) is 0 Å². The van der Waals surface area contributed by atoms with Gasteiger partial charge in [-0.15, -0.1) is 5.73 Å². The van der Waals surface area contributed by atoms with Crippen molar-refractivity contribution in [2.24, 2.45) is 0 Å². The Hall–Kier alpha value is -1.26. The number of hydrogen-bond donors (Lipinski definition) is 0. The molecule has 0 radical (unpaired) electrons. The van der Waals surface area contributed by atoms with Crippen LogP contribution in [0.15, 0.2) is 36.1 Å². The Kier molecular flexibility index (Phi) is 3.37. The molecule has 12 heavy (non-hydrogen) atoms. The smallest absolute Gasteiger partial charge is 0.00151 e. The van der Waals surface area contributed by atoms with Crippen LogP contribution >= 0.6 is 0 Å². The summed E-state index contributed by atoms with van der Waals surface area (Å²) in [5.41, 5.74) is 5.81. The molecule has 0 saturated heterocycles. The van der Waals surface area contributed by atoms with E-state index < -0.39 is 0 Å². The maximum atomic E-state index is 3.09. The lowest BCUT2D eigenvalue weighted by atomic mass is 10.0. The predicted molar refractivity (Wildman–Crippen MR) is 54.0 cm³/mol. The second-order valence-electron chi connectivity index (χ2n) is 2.42. The summed E-state index contributed by atoms with van der Waals surface area (Å²) in [5, 5.41) is 0. The fourth-order valence-electron chi connectivity index (χ4n) is 1.18. The van der Waals surface area contributed by atoms with Gasteiger partial charge in [0, 0.05) is 0 Å². The first-order valence-electron chi connectivity index (χ1n) is 4.46. The molecule has 2 rings (SSSR count). The molecule has 0 N–H and O–H groups in total. The maximum Gasteiger partial charge on any atom is -0.00151 e. The van der Waals surface area contributed by atoms with E-state index in [9.17, 15) is 0 Å². The number of hydrogen-bond acceptors (Lipinski definition) is 0. The van der Waals surface area contributed by atoms with Gasteiger partial charge in [0.25, 0.3) is 0 Å². The van der Waals surface area contributed by atoms with Crippen LogP contribution in [0.2, 0.25) is 0 Å². The highest BCUT2D eigenvalue weighted by Crippen LogP contribution is 2.13. The molecule has 0 bridgehead atoms. The van der Waals surface area contributed by atoms with Gasteiger partial charge in [0.15, 0.2) is 0 Å². The van der Waals surface area contributed by atoms with Crippen molar-refractivity contribution in [3.63, 3.8) is 0 Å². The summed E-state index contributed by atoms with van der Waals surface area (Å²) in [4.78, 5) is 0. The first-order valence-corrected chi connectivity index (χ1v) is 4.46. The zero-order valence-electron chi connectivity index (χ0n) is 7.67. The van der Waals surface area contributed by atoms with Crippen molar-refractivity contribution in [1.82, 2.24) is 0 Å². The number of allylic oxidation sites excluding steroid dienone is 1. The molecule has 1 aliphatic carbocycles. The van der Waals surface area contributed by atoms with Gasteiger partial charge in [-0.05, 0) is 29.7 Å². The molecule has 0 amide bonds. The molecule has 0 unspecified atom stereocenters. The minimum Gasteiger partial charge on any atom is -0.124 e. The van der Waals surface area contributed by atoms with Gasteiger partial charge in [0.05, 0.1) is 0 Å². The maximum absolute atomic E-state index is 3.09. The minimum atomic E-state index is 1.03. The van der Waals surface area contributed by atoms with Crippen LogP contribution < -0.4 is 0 Å². The molecular weight excluding hydrogens is 144 g/mol. The lowest BCUT2D eigenvalue weighted by Crippen LogP contribution is -1.87. The molecule has 1 aliphatic rings. The Labute approximate surface area is 74.2 Å². The van der Waals surface area contributed by atoms with E-state index in [2.05, 4.69) is 36.1 Å². The van der Waals surface area contributed by atoms with Crippen LogP contribution in [0.3, 0.4) is 0 Å². The average Bonchev–Trinajstić information content (AvgIpc) is 2.21. The fraction of sp³-hybridized carbons (Fsp3) is 0.250. The topological polar surface area (TPSA) is 0 Å². The Morgan fingerprint density at radius 2 is 1.92 bits per heavy atom. The SMILES string of the molecule is C1=CCc2ccccc2C=1.CC. The van der Waals surface area contributed by atoms with Crippen LogP contribution in [-0.4, -0.2) is 0 Å². The van der Waals surface area contributed by atoms with Crippen LogP contribution in [0, 0.1) is 0 Å². The van der Waals surface area contributed by atoms with Crippen molar-refractivity contribution in [3.05, 3.63) is 47.2 Å². The summed E-state index contributed by atoms with van der Waals surface area (Å²) in [5.74, 6) is 0. The summed E-state index contributed by atoms with van der Waals surface area (Å²) >= 11 is 0. The van der Waals surface area contributed by atoms with Crippen molar-refractivity contribution in [2.45, 2.75) is 20.3 Å². The second-order valence-corrected chi connectivity index (χ2v) is 2.42. The molecule has 0 heterocycles. The van der Waals surface area contributed by atoms with E-state index in [0.29, 0.717) is 0 Å². The Morgan fingerprint density at radius 1 is 1.17 bits per heavy atom. The summed E-state index contributed by atoms with van der Waals surface area (Å²) in [7, 11) is 0. The molecule has 0 aromatic heterocycles. The molecule has 0 aliphatic heterocycles. The highest BCUT2D eigenvalue weighted by molar-refractivity contribution is 5.55. The molecule has 0 nitrogen and oxygen atoms in total. The third-order valence-electron chi connectivity index (χ3n) is 1.73. The quantitative estimate of drug-likeness (QED) is 0.507. The zero-order valence-corrected chi connectivity index (χ0v) is 7.67. The standard InChI is InChI=1S/C10H8.C2H6/c1-2-6-10-8-4-3-7-9(10)5-1;1-2/h1-3,5-6,8H,7H2;1-2H3. The molecule has 0 heteroatoms. The molecule has 0 atom stereocenters. The first-order chi connectivity index (χ1) is 5.97. The molecule has 62 valence electrons. The lowest BCUT2D eigenvalue weighted by molar-refractivity contribution is 1.25. The van der Waals surface area contributed by atoms with Crippen molar-refractivity contribution < 1.29 is 0 Å². The van der Waals surface area contributed by atoms with Crippen LogP contribution in [-0.2, 0) is 6.42 Å².